The molecule has 0 aromatic carbocycles. The molecule has 0 saturated carbocycles. The molecule has 0 saturated heterocycles. The molecule has 0 radical (unpaired) electrons. The molecule has 1 atom stereocenters. The van der Waals surface area contributed by atoms with Crippen LogP contribution in [0.5, 0.6) is 0 Å². The number of sulfone groups is 1. The number of rotatable bonds is 12. The minimum Gasteiger partial charge on any atom is -0.481 e. The van der Waals surface area contributed by atoms with E-state index in [-0.39, 0.29) is 12.4 Å². The van der Waals surface area contributed by atoms with Gasteiger partial charge in [-0.15, -0.1) is 12.4 Å². The van der Waals surface area contributed by atoms with Gasteiger partial charge in [0.25, 0.3) is 0 Å². The van der Waals surface area contributed by atoms with Crippen LogP contribution in [0.4, 0.5) is 0 Å². The van der Waals surface area contributed by atoms with Gasteiger partial charge >= 0.3 is 5.97 Å². The van der Waals surface area contributed by atoms with Crippen molar-refractivity contribution in [2.24, 2.45) is 11.5 Å². The van der Waals surface area contributed by atoms with E-state index in [0.717, 1.165) is 0 Å². The summed E-state index contributed by atoms with van der Waals surface area (Å²) in [7, 11) is -3.83. The second-order valence-corrected chi connectivity index (χ2v) is 7.94. The Morgan fingerprint density at radius 2 is 1.54 bits per heavy atom. The van der Waals surface area contributed by atoms with Crippen molar-refractivity contribution in [2.75, 3.05) is 5.75 Å². The summed E-state index contributed by atoms with van der Waals surface area (Å²) < 4.78 is 25.0. The summed E-state index contributed by atoms with van der Waals surface area (Å²) in [4.78, 5) is 34.2. The Morgan fingerprint density at radius 1 is 1.08 bits per heavy atom. The van der Waals surface area contributed by atoms with E-state index in [1.807, 2.05) is 13.8 Å². The molecule has 0 aromatic heterocycles. The summed E-state index contributed by atoms with van der Waals surface area (Å²) in [6.07, 6.45) is 0.966. The number of carboxylic acids is 1. The number of nitrogens with two attached hydrogens (primary N) is 2. The predicted molar refractivity (Wildman–Crippen MR) is 92.6 cm³/mol. The summed E-state index contributed by atoms with van der Waals surface area (Å²) in [6.45, 7) is 3.67. The van der Waals surface area contributed by atoms with E-state index < -0.39 is 56.9 Å². The number of carboxylic acid groups (broad SMARTS) is 1. The maximum atomic E-state index is 12.5. The fraction of sp³-hybridized carbons (Fsp3) is 0.786. The molecular weight excluding hydrogens is 360 g/mol. The van der Waals surface area contributed by atoms with Crippen LogP contribution in [-0.4, -0.2) is 47.7 Å². The Kier molecular flexibility index (Phi) is 11.1. The molecule has 0 bridgehead atoms. The Hall–Kier alpha value is -1.19. The molecule has 0 spiro atoms. The summed E-state index contributed by atoms with van der Waals surface area (Å²) >= 11 is 0. The van der Waals surface area contributed by atoms with E-state index in [2.05, 4.69) is 0 Å². The maximum absolute atomic E-state index is 12.5. The molecule has 0 aliphatic rings. The molecule has 0 aliphatic carbocycles. The highest BCUT2D eigenvalue weighted by atomic mass is 35.5. The topological polar surface area (TPSA) is 158 Å². The smallest absolute Gasteiger partial charge is 0.303 e. The minimum atomic E-state index is -3.83. The molecular formula is C14H27ClN2O6S. The van der Waals surface area contributed by atoms with Crippen molar-refractivity contribution in [3.63, 3.8) is 0 Å². The lowest BCUT2D eigenvalue weighted by molar-refractivity contribution is -0.140. The summed E-state index contributed by atoms with van der Waals surface area (Å²) in [6, 6.07) is 0. The first-order valence-electron chi connectivity index (χ1n) is 7.56. The normalized spacial score (nSPS) is 13.8. The van der Waals surface area contributed by atoms with Crippen LogP contribution in [0.3, 0.4) is 0 Å². The van der Waals surface area contributed by atoms with Crippen LogP contribution in [0.1, 0.15) is 52.4 Å². The molecule has 5 N–H and O–H groups in total. The fourth-order valence-corrected chi connectivity index (χ4v) is 4.68. The second-order valence-electron chi connectivity index (χ2n) is 5.66. The number of ketones is 1. The van der Waals surface area contributed by atoms with Gasteiger partial charge in [0.2, 0.25) is 5.91 Å². The molecule has 10 heteroatoms. The van der Waals surface area contributed by atoms with E-state index >= 15 is 0 Å². The predicted octanol–water partition coefficient (Wildman–Crippen LogP) is 0.409. The van der Waals surface area contributed by atoms with Crippen LogP contribution >= 0.6 is 12.4 Å². The number of Topliss-reactive ketones (excluding diaryl/α,β-unsaturated/α-hetero) is 1. The molecule has 1 unspecified atom stereocenters. The Balaban J connectivity index is 0. The summed E-state index contributed by atoms with van der Waals surface area (Å²) in [5.74, 6) is -4.37. The highest BCUT2D eigenvalue weighted by Gasteiger charge is 2.45. The molecule has 142 valence electrons. The van der Waals surface area contributed by atoms with Gasteiger partial charge in [0.05, 0.1) is 17.4 Å². The number of primary amides is 1. The first kappa shape index (κ1) is 25.1. The Bertz CT molecular complexity index is 545. The number of aliphatic carboxylic acids is 1. The summed E-state index contributed by atoms with van der Waals surface area (Å²) in [5, 5.41) is 7.90. The zero-order valence-electron chi connectivity index (χ0n) is 14.0. The molecule has 0 heterocycles. The van der Waals surface area contributed by atoms with Gasteiger partial charge < -0.3 is 16.6 Å². The largest absolute Gasteiger partial charge is 0.481 e. The van der Waals surface area contributed by atoms with E-state index in [0.29, 0.717) is 25.7 Å². The van der Waals surface area contributed by atoms with Crippen molar-refractivity contribution in [1.82, 2.24) is 0 Å². The fourth-order valence-electron chi connectivity index (χ4n) is 2.32. The van der Waals surface area contributed by atoms with Crippen molar-refractivity contribution in [3.05, 3.63) is 0 Å². The molecule has 8 nitrogen and oxygen atoms in total. The third-order valence-corrected chi connectivity index (χ3v) is 6.01. The van der Waals surface area contributed by atoms with Crippen LogP contribution in [0.2, 0.25) is 0 Å². The van der Waals surface area contributed by atoms with Gasteiger partial charge in [-0.05, 0) is 12.8 Å². The van der Waals surface area contributed by atoms with Gasteiger partial charge in [-0.25, -0.2) is 8.42 Å². The van der Waals surface area contributed by atoms with Gasteiger partial charge in [-0.2, -0.15) is 0 Å². The first-order valence-corrected chi connectivity index (χ1v) is 9.28. The molecule has 0 fully saturated rings. The summed E-state index contributed by atoms with van der Waals surface area (Å²) in [5.41, 5.74) is 8.43. The van der Waals surface area contributed by atoms with E-state index in [1.54, 1.807) is 0 Å². The lowest BCUT2D eigenvalue weighted by atomic mass is 9.93. The maximum Gasteiger partial charge on any atom is 0.303 e. The third kappa shape index (κ3) is 7.14. The zero-order valence-corrected chi connectivity index (χ0v) is 15.6. The molecule has 0 rings (SSSR count). The number of carbonyl (C=O) groups excluding carboxylic acids is 2. The average Bonchev–Trinajstić information content (AvgIpc) is 2.43. The third-order valence-electron chi connectivity index (χ3n) is 3.66. The van der Waals surface area contributed by atoms with Crippen molar-refractivity contribution in [2.45, 2.75) is 63.2 Å². The van der Waals surface area contributed by atoms with Crippen LogP contribution in [0, 0.1) is 0 Å². The quantitative estimate of drug-likeness (QED) is 0.409. The number of carbonyl (C=O) groups is 3. The molecule has 24 heavy (non-hydrogen) atoms. The van der Waals surface area contributed by atoms with Gasteiger partial charge in [0, 0.05) is 6.42 Å². The Morgan fingerprint density at radius 3 is 1.88 bits per heavy atom. The first-order chi connectivity index (χ1) is 10.5. The van der Waals surface area contributed by atoms with Crippen molar-refractivity contribution >= 4 is 39.9 Å². The van der Waals surface area contributed by atoms with Gasteiger partial charge in [0.1, 0.15) is 0 Å². The van der Waals surface area contributed by atoms with Crippen molar-refractivity contribution < 1.29 is 27.9 Å². The second kappa shape index (κ2) is 10.6. The van der Waals surface area contributed by atoms with E-state index in [1.165, 1.54) is 0 Å². The van der Waals surface area contributed by atoms with Crippen molar-refractivity contribution in [3.8, 4) is 0 Å². The van der Waals surface area contributed by atoms with Crippen LogP contribution in [0.25, 0.3) is 0 Å². The SMILES string of the molecule is CCCC(CCC)S(=O)(=O)CC(N)(C(N)=O)C(=O)CCC(=O)O.Cl. The monoisotopic (exact) mass is 386 g/mol. The Labute approximate surface area is 148 Å². The van der Waals surface area contributed by atoms with Gasteiger partial charge in [-0.3, -0.25) is 14.4 Å². The van der Waals surface area contributed by atoms with Gasteiger partial charge in [0.15, 0.2) is 21.2 Å². The van der Waals surface area contributed by atoms with Crippen LogP contribution in [-0.2, 0) is 24.2 Å². The van der Waals surface area contributed by atoms with E-state index in [9.17, 15) is 22.8 Å². The molecule has 1 amide bonds. The number of hydrogen-bond donors (Lipinski definition) is 3. The van der Waals surface area contributed by atoms with Crippen molar-refractivity contribution in [1.29, 1.82) is 0 Å². The minimum absolute atomic E-state index is 0. The number of hydrogen-bond acceptors (Lipinski definition) is 6. The van der Waals surface area contributed by atoms with E-state index in [4.69, 9.17) is 16.6 Å². The lowest BCUT2D eigenvalue weighted by Crippen LogP contribution is -2.63. The highest BCUT2D eigenvalue weighted by Crippen LogP contribution is 2.20. The number of amides is 1. The molecule has 0 aliphatic heterocycles. The highest BCUT2D eigenvalue weighted by molar-refractivity contribution is 7.92. The molecule has 0 aromatic rings. The standard InChI is InChI=1S/C14H26N2O6S.ClH/c1-3-5-10(6-4-2)23(21,22)9-14(16,13(15)20)11(17)7-8-12(18)19;/h10H,3-9,16H2,1-2H3,(H2,15,20)(H,18,19);1H. The van der Waals surface area contributed by atoms with Crippen LogP contribution in [0.15, 0.2) is 0 Å². The van der Waals surface area contributed by atoms with Crippen LogP contribution < -0.4 is 11.5 Å². The number of halogens is 1. The lowest BCUT2D eigenvalue weighted by Gasteiger charge is -2.26. The van der Waals surface area contributed by atoms with Gasteiger partial charge in [-0.1, -0.05) is 26.7 Å². The average molecular weight is 387 g/mol. The zero-order chi connectivity index (χ0) is 18.3.